The third-order valence-corrected chi connectivity index (χ3v) is 6.91. The Morgan fingerprint density at radius 2 is 2.07 bits per heavy atom. The fourth-order valence-electron chi connectivity index (χ4n) is 4.02. The molecule has 2 aliphatic carbocycles. The van der Waals surface area contributed by atoms with E-state index in [0.717, 1.165) is 58.4 Å². The largest absolute Gasteiger partial charge is 0.406 e. The van der Waals surface area contributed by atoms with E-state index in [1.165, 1.54) is 17.7 Å². The number of thiophene rings is 1. The summed E-state index contributed by atoms with van der Waals surface area (Å²) < 4.78 is 40.2. The highest BCUT2D eigenvalue weighted by Crippen LogP contribution is 2.36. The van der Waals surface area contributed by atoms with E-state index in [9.17, 15) is 22.8 Å². The molecule has 1 fully saturated rings. The van der Waals surface area contributed by atoms with Crippen LogP contribution >= 0.6 is 11.3 Å². The molecular weight excluding hydrogens is 391 g/mol. The zero-order valence-corrected chi connectivity index (χ0v) is 16.4. The van der Waals surface area contributed by atoms with Crippen LogP contribution in [0.15, 0.2) is 11.1 Å². The first-order chi connectivity index (χ1) is 13.2. The minimum atomic E-state index is -4.47. The summed E-state index contributed by atoms with van der Waals surface area (Å²) in [6.07, 6.45) is 2.30. The van der Waals surface area contributed by atoms with Crippen molar-refractivity contribution < 1.29 is 18.0 Å². The number of carbonyl (C=O) groups is 1. The Morgan fingerprint density at radius 3 is 2.75 bits per heavy atom. The second-order valence-corrected chi connectivity index (χ2v) is 8.87. The SMILES string of the molecule is C[C@H](C1CC1)N(CC(F)(F)F)C(=O)Cn1cnc2sc3c(c2c1=O)CCCC3. The second-order valence-electron chi connectivity index (χ2n) is 7.78. The minimum absolute atomic E-state index is 0.104. The quantitative estimate of drug-likeness (QED) is 0.754. The average molecular weight is 413 g/mol. The third-order valence-electron chi connectivity index (χ3n) is 5.71. The van der Waals surface area contributed by atoms with Crippen molar-refractivity contribution >= 4 is 27.5 Å². The maximum absolute atomic E-state index is 13.0. The van der Waals surface area contributed by atoms with Crippen LogP contribution in [0.5, 0.6) is 0 Å². The lowest BCUT2D eigenvalue weighted by molar-refractivity contribution is -0.166. The highest BCUT2D eigenvalue weighted by atomic mass is 32.1. The summed E-state index contributed by atoms with van der Waals surface area (Å²) in [5, 5.41) is 0.535. The number of carbonyl (C=O) groups excluding carboxylic acids is 1. The Labute approximate surface area is 164 Å². The van der Waals surface area contributed by atoms with Gasteiger partial charge in [0.2, 0.25) is 5.91 Å². The molecule has 152 valence electrons. The molecule has 2 aromatic rings. The summed E-state index contributed by atoms with van der Waals surface area (Å²) in [6.45, 7) is -0.0535. The fraction of sp³-hybridized carbons (Fsp3) is 0.632. The summed E-state index contributed by atoms with van der Waals surface area (Å²) in [4.78, 5) is 32.7. The molecule has 4 rings (SSSR count). The zero-order valence-electron chi connectivity index (χ0n) is 15.6. The molecule has 1 atom stereocenters. The monoisotopic (exact) mass is 413 g/mol. The van der Waals surface area contributed by atoms with E-state index in [2.05, 4.69) is 4.98 Å². The molecule has 5 nitrogen and oxygen atoms in total. The van der Waals surface area contributed by atoms with Crippen LogP contribution in [0.4, 0.5) is 13.2 Å². The van der Waals surface area contributed by atoms with Gasteiger partial charge in [-0.2, -0.15) is 13.2 Å². The molecule has 0 saturated heterocycles. The van der Waals surface area contributed by atoms with E-state index in [0.29, 0.717) is 10.2 Å². The standard InChI is InChI=1S/C19H22F3N3O2S/c1-11(12-6-7-12)25(9-19(20,21)22)15(26)8-24-10-23-17-16(18(24)27)13-4-2-3-5-14(13)28-17/h10-12H,2-9H2,1H3/t11-/m1/s1. The molecule has 0 radical (unpaired) electrons. The molecule has 0 bridgehead atoms. The first-order valence-electron chi connectivity index (χ1n) is 9.60. The summed E-state index contributed by atoms with van der Waals surface area (Å²) in [5.41, 5.74) is 0.674. The van der Waals surface area contributed by atoms with Crippen LogP contribution in [-0.2, 0) is 24.2 Å². The molecule has 0 aliphatic heterocycles. The molecule has 9 heteroatoms. The van der Waals surface area contributed by atoms with Crippen molar-refractivity contribution in [3.05, 3.63) is 27.1 Å². The summed E-state index contributed by atoms with van der Waals surface area (Å²) in [5.74, 6) is -0.586. The van der Waals surface area contributed by atoms with Gasteiger partial charge in [0.1, 0.15) is 17.9 Å². The van der Waals surface area contributed by atoms with Gasteiger partial charge < -0.3 is 4.90 Å². The van der Waals surface area contributed by atoms with Crippen LogP contribution in [-0.4, -0.2) is 39.1 Å². The predicted molar refractivity (Wildman–Crippen MR) is 100 cm³/mol. The molecule has 2 aromatic heterocycles. The van der Waals surface area contributed by atoms with Crippen molar-refractivity contribution in [3.8, 4) is 0 Å². The molecule has 28 heavy (non-hydrogen) atoms. The van der Waals surface area contributed by atoms with Crippen molar-refractivity contribution in [2.24, 2.45) is 5.92 Å². The topological polar surface area (TPSA) is 55.2 Å². The normalized spacial score (nSPS) is 18.1. The van der Waals surface area contributed by atoms with Gasteiger partial charge in [-0.3, -0.25) is 14.2 Å². The van der Waals surface area contributed by atoms with Crippen molar-refractivity contribution in [1.29, 1.82) is 0 Å². The van der Waals surface area contributed by atoms with Gasteiger partial charge in [0.25, 0.3) is 5.56 Å². The Bertz CT molecular complexity index is 962. The number of nitrogens with zero attached hydrogens (tertiary/aromatic N) is 3. The minimum Gasteiger partial charge on any atom is -0.329 e. The maximum atomic E-state index is 13.0. The van der Waals surface area contributed by atoms with Crippen molar-refractivity contribution in [2.45, 2.75) is 64.2 Å². The molecule has 2 heterocycles. The number of aryl methyl sites for hydroxylation is 2. The Kier molecular flexibility index (Phi) is 4.97. The first kappa shape index (κ1) is 19.4. The van der Waals surface area contributed by atoms with Gasteiger partial charge in [0.05, 0.1) is 11.7 Å². The number of rotatable bonds is 5. The Morgan fingerprint density at radius 1 is 1.36 bits per heavy atom. The Hall–Kier alpha value is -1.90. The molecule has 1 amide bonds. The summed E-state index contributed by atoms with van der Waals surface area (Å²) in [7, 11) is 0. The van der Waals surface area contributed by atoms with Gasteiger partial charge in [0, 0.05) is 10.9 Å². The number of aromatic nitrogens is 2. The molecule has 0 unspecified atom stereocenters. The fourth-order valence-corrected chi connectivity index (χ4v) is 5.24. The molecule has 0 N–H and O–H groups in total. The number of halogens is 3. The number of fused-ring (bicyclic) bond motifs is 3. The lowest BCUT2D eigenvalue weighted by Gasteiger charge is -2.30. The zero-order chi connectivity index (χ0) is 20.1. The van der Waals surface area contributed by atoms with Gasteiger partial charge in [0.15, 0.2) is 0 Å². The van der Waals surface area contributed by atoms with Crippen molar-refractivity contribution in [2.75, 3.05) is 6.54 Å². The van der Waals surface area contributed by atoms with E-state index in [4.69, 9.17) is 0 Å². The van der Waals surface area contributed by atoms with Crippen LogP contribution in [0.1, 0.15) is 43.0 Å². The number of hydrogen-bond donors (Lipinski definition) is 0. The smallest absolute Gasteiger partial charge is 0.329 e. The van der Waals surface area contributed by atoms with Gasteiger partial charge in [-0.25, -0.2) is 4.98 Å². The van der Waals surface area contributed by atoms with Crippen LogP contribution in [0.3, 0.4) is 0 Å². The predicted octanol–water partition coefficient (Wildman–Crippen LogP) is 3.53. The molecule has 0 aromatic carbocycles. The lowest BCUT2D eigenvalue weighted by Crippen LogP contribution is -2.47. The van der Waals surface area contributed by atoms with Crippen LogP contribution in [0.25, 0.3) is 10.2 Å². The average Bonchev–Trinajstić information content (AvgIpc) is 3.41. The van der Waals surface area contributed by atoms with Crippen LogP contribution < -0.4 is 5.56 Å². The van der Waals surface area contributed by atoms with Crippen LogP contribution in [0, 0.1) is 5.92 Å². The third kappa shape index (κ3) is 3.81. The van der Waals surface area contributed by atoms with Gasteiger partial charge in [-0.05, 0) is 56.9 Å². The molecule has 0 spiro atoms. The lowest BCUT2D eigenvalue weighted by atomic mass is 9.97. The number of alkyl halides is 3. The Balaban J connectivity index is 1.63. The highest BCUT2D eigenvalue weighted by Gasteiger charge is 2.40. The van der Waals surface area contributed by atoms with Crippen LogP contribution in [0.2, 0.25) is 0 Å². The van der Waals surface area contributed by atoms with Gasteiger partial charge in [-0.15, -0.1) is 11.3 Å². The number of hydrogen-bond acceptors (Lipinski definition) is 4. The summed E-state index contributed by atoms with van der Waals surface area (Å²) >= 11 is 1.50. The highest BCUT2D eigenvalue weighted by molar-refractivity contribution is 7.18. The number of amides is 1. The van der Waals surface area contributed by atoms with E-state index in [-0.39, 0.29) is 11.5 Å². The second kappa shape index (κ2) is 7.17. The van der Waals surface area contributed by atoms with E-state index in [1.807, 2.05) is 0 Å². The first-order valence-corrected chi connectivity index (χ1v) is 10.4. The van der Waals surface area contributed by atoms with E-state index >= 15 is 0 Å². The van der Waals surface area contributed by atoms with E-state index in [1.54, 1.807) is 6.92 Å². The van der Waals surface area contributed by atoms with Gasteiger partial charge in [-0.1, -0.05) is 0 Å². The molecule has 2 aliphatic rings. The van der Waals surface area contributed by atoms with Crippen molar-refractivity contribution in [1.82, 2.24) is 14.5 Å². The van der Waals surface area contributed by atoms with Crippen molar-refractivity contribution in [3.63, 3.8) is 0 Å². The van der Waals surface area contributed by atoms with E-state index < -0.39 is 31.2 Å². The maximum Gasteiger partial charge on any atom is 0.406 e. The summed E-state index contributed by atoms with van der Waals surface area (Å²) in [6, 6.07) is -0.490. The molecular formula is C19H22F3N3O2S. The molecule has 1 saturated carbocycles. The van der Waals surface area contributed by atoms with Gasteiger partial charge >= 0.3 is 6.18 Å².